The van der Waals surface area contributed by atoms with Crippen LogP contribution in [0.1, 0.15) is 34.6 Å². The molecule has 1 rings (SSSR count). The van der Waals surface area contributed by atoms with Crippen LogP contribution in [-0.4, -0.2) is 30.8 Å². The number of ether oxygens (including phenoxy) is 1. The maximum Gasteiger partial charge on any atom is 0.0992 e. The topological polar surface area (TPSA) is 12.5 Å². The summed E-state index contributed by atoms with van der Waals surface area (Å²) in [4.78, 5) is 2.44. The Kier molecular flexibility index (Phi) is 3.36. The minimum atomic E-state index is 0.360. The molecule has 1 heterocycles. The first kappa shape index (κ1) is 11.0. The molecule has 0 amide bonds. The van der Waals surface area contributed by atoms with Crippen LogP contribution in [0.25, 0.3) is 0 Å². The van der Waals surface area contributed by atoms with Gasteiger partial charge in [0.2, 0.25) is 0 Å². The highest BCUT2D eigenvalue weighted by Gasteiger charge is 2.36. The van der Waals surface area contributed by atoms with Gasteiger partial charge in [-0.2, -0.15) is 0 Å². The lowest BCUT2D eigenvalue weighted by Gasteiger charge is -2.46. The SMILES string of the molecule is CCN1COCC(C)C1C(C)(C)C. The maximum atomic E-state index is 5.54. The zero-order chi connectivity index (χ0) is 10.1. The Hall–Kier alpha value is -0.0800. The molecular formula is C11H23NO. The Bertz CT molecular complexity index is 162. The Labute approximate surface area is 82.3 Å². The molecule has 0 aliphatic carbocycles. The summed E-state index contributed by atoms with van der Waals surface area (Å²) in [5.74, 6) is 0.647. The van der Waals surface area contributed by atoms with Crippen molar-refractivity contribution in [3.63, 3.8) is 0 Å². The van der Waals surface area contributed by atoms with Crippen LogP contribution in [0.2, 0.25) is 0 Å². The van der Waals surface area contributed by atoms with Gasteiger partial charge in [-0.3, -0.25) is 4.90 Å². The van der Waals surface area contributed by atoms with E-state index in [0.717, 1.165) is 19.9 Å². The van der Waals surface area contributed by atoms with Gasteiger partial charge in [-0.05, 0) is 17.9 Å². The molecule has 0 aromatic carbocycles. The predicted molar refractivity (Wildman–Crippen MR) is 55.6 cm³/mol. The summed E-state index contributed by atoms with van der Waals surface area (Å²) in [7, 11) is 0. The molecule has 0 radical (unpaired) electrons. The monoisotopic (exact) mass is 185 g/mol. The third kappa shape index (κ3) is 2.44. The highest BCUT2D eigenvalue weighted by molar-refractivity contribution is 4.87. The van der Waals surface area contributed by atoms with E-state index in [4.69, 9.17) is 4.74 Å². The molecule has 0 saturated carbocycles. The number of hydrogen-bond donors (Lipinski definition) is 0. The summed E-state index contributed by atoms with van der Waals surface area (Å²) in [6, 6.07) is 0.659. The molecule has 2 unspecified atom stereocenters. The molecule has 13 heavy (non-hydrogen) atoms. The van der Waals surface area contributed by atoms with Crippen molar-refractivity contribution in [1.82, 2.24) is 4.90 Å². The van der Waals surface area contributed by atoms with Crippen molar-refractivity contribution >= 4 is 0 Å². The van der Waals surface area contributed by atoms with E-state index >= 15 is 0 Å². The molecule has 0 N–H and O–H groups in total. The van der Waals surface area contributed by atoms with Crippen LogP contribution in [0.15, 0.2) is 0 Å². The molecule has 2 nitrogen and oxygen atoms in total. The van der Waals surface area contributed by atoms with E-state index in [1.165, 1.54) is 0 Å². The molecule has 2 heteroatoms. The van der Waals surface area contributed by atoms with E-state index in [-0.39, 0.29) is 0 Å². The van der Waals surface area contributed by atoms with Crippen molar-refractivity contribution in [2.24, 2.45) is 11.3 Å². The smallest absolute Gasteiger partial charge is 0.0992 e. The zero-order valence-corrected chi connectivity index (χ0v) is 9.63. The number of rotatable bonds is 1. The quantitative estimate of drug-likeness (QED) is 0.622. The van der Waals surface area contributed by atoms with Crippen molar-refractivity contribution < 1.29 is 4.74 Å². The summed E-state index contributed by atoms with van der Waals surface area (Å²) in [6.45, 7) is 14.3. The Morgan fingerprint density at radius 3 is 2.38 bits per heavy atom. The van der Waals surface area contributed by atoms with Crippen molar-refractivity contribution in [3.05, 3.63) is 0 Å². The molecule has 78 valence electrons. The average molecular weight is 185 g/mol. The molecule has 1 aliphatic rings. The van der Waals surface area contributed by atoms with Gasteiger partial charge in [0.15, 0.2) is 0 Å². The normalized spacial score (nSPS) is 32.1. The second-order valence-electron chi connectivity index (χ2n) is 5.19. The predicted octanol–water partition coefficient (Wildman–Crippen LogP) is 2.35. The van der Waals surface area contributed by atoms with Crippen molar-refractivity contribution in [2.75, 3.05) is 19.9 Å². The number of nitrogens with zero attached hydrogens (tertiary/aromatic N) is 1. The second-order valence-corrected chi connectivity index (χ2v) is 5.19. The van der Waals surface area contributed by atoms with Gasteiger partial charge in [0.1, 0.15) is 0 Å². The standard InChI is InChI=1S/C11H23NO/c1-6-12-8-13-7-9(2)10(12)11(3,4)5/h9-10H,6-8H2,1-5H3. The fourth-order valence-corrected chi connectivity index (χ4v) is 2.58. The van der Waals surface area contributed by atoms with Gasteiger partial charge in [-0.1, -0.05) is 34.6 Å². The first-order valence-electron chi connectivity index (χ1n) is 5.28. The molecule has 0 aromatic heterocycles. The first-order valence-corrected chi connectivity index (χ1v) is 5.28. The van der Waals surface area contributed by atoms with Crippen LogP contribution in [0.3, 0.4) is 0 Å². The lowest BCUT2D eigenvalue weighted by molar-refractivity contribution is -0.107. The largest absolute Gasteiger partial charge is 0.366 e. The molecule has 0 bridgehead atoms. The van der Waals surface area contributed by atoms with Gasteiger partial charge in [0.25, 0.3) is 0 Å². The van der Waals surface area contributed by atoms with Crippen LogP contribution >= 0.6 is 0 Å². The van der Waals surface area contributed by atoms with E-state index in [9.17, 15) is 0 Å². The van der Waals surface area contributed by atoms with E-state index in [1.54, 1.807) is 0 Å². The third-order valence-corrected chi connectivity index (χ3v) is 2.86. The highest BCUT2D eigenvalue weighted by Crippen LogP contribution is 2.32. The minimum Gasteiger partial charge on any atom is -0.366 e. The van der Waals surface area contributed by atoms with Gasteiger partial charge in [0.05, 0.1) is 13.3 Å². The Morgan fingerprint density at radius 1 is 1.38 bits per heavy atom. The lowest BCUT2D eigenvalue weighted by atomic mass is 9.78. The molecule has 1 fully saturated rings. The van der Waals surface area contributed by atoms with Crippen molar-refractivity contribution in [2.45, 2.75) is 40.7 Å². The van der Waals surface area contributed by atoms with E-state index in [1.807, 2.05) is 0 Å². The number of hydrogen-bond acceptors (Lipinski definition) is 2. The van der Waals surface area contributed by atoms with Gasteiger partial charge in [-0.15, -0.1) is 0 Å². The molecule has 2 atom stereocenters. The fourth-order valence-electron chi connectivity index (χ4n) is 2.58. The lowest BCUT2D eigenvalue weighted by Crippen LogP contribution is -2.53. The first-order chi connectivity index (χ1) is 5.96. The Balaban J connectivity index is 2.73. The Morgan fingerprint density at radius 2 is 2.00 bits per heavy atom. The molecule has 0 spiro atoms. The third-order valence-electron chi connectivity index (χ3n) is 2.86. The second kappa shape index (κ2) is 3.97. The average Bonchev–Trinajstić information content (AvgIpc) is 2.01. The summed E-state index contributed by atoms with van der Waals surface area (Å²) in [5, 5.41) is 0. The highest BCUT2D eigenvalue weighted by atomic mass is 16.5. The van der Waals surface area contributed by atoms with E-state index in [2.05, 4.69) is 39.5 Å². The molecule has 1 saturated heterocycles. The summed E-state index contributed by atoms with van der Waals surface area (Å²) < 4.78 is 5.54. The molecular weight excluding hydrogens is 162 g/mol. The van der Waals surface area contributed by atoms with Gasteiger partial charge in [-0.25, -0.2) is 0 Å². The van der Waals surface area contributed by atoms with Crippen LogP contribution < -0.4 is 0 Å². The van der Waals surface area contributed by atoms with Crippen molar-refractivity contribution in [1.29, 1.82) is 0 Å². The van der Waals surface area contributed by atoms with Crippen LogP contribution in [0, 0.1) is 11.3 Å². The molecule has 1 aliphatic heterocycles. The maximum absolute atomic E-state index is 5.54. The fraction of sp³-hybridized carbons (Fsp3) is 1.00. The summed E-state index contributed by atoms with van der Waals surface area (Å²) in [5.41, 5.74) is 0.360. The van der Waals surface area contributed by atoms with Crippen LogP contribution in [-0.2, 0) is 4.74 Å². The summed E-state index contributed by atoms with van der Waals surface area (Å²) >= 11 is 0. The zero-order valence-electron chi connectivity index (χ0n) is 9.63. The molecule has 0 aromatic rings. The van der Waals surface area contributed by atoms with Crippen LogP contribution in [0.4, 0.5) is 0 Å². The van der Waals surface area contributed by atoms with Gasteiger partial charge in [0, 0.05) is 6.04 Å². The van der Waals surface area contributed by atoms with Gasteiger partial charge >= 0.3 is 0 Å². The summed E-state index contributed by atoms with van der Waals surface area (Å²) in [6.07, 6.45) is 0. The van der Waals surface area contributed by atoms with E-state index < -0.39 is 0 Å². The minimum absolute atomic E-state index is 0.360. The van der Waals surface area contributed by atoms with Gasteiger partial charge < -0.3 is 4.74 Å². The van der Waals surface area contributed by atoms with E-state index in [0.29, 0.717) is 17.4 Å². The van der Waals surface area contributed by atoms with Crippen molar-refractivity contribution in [3.8, 4) is 0 Å². The van der Waals surface area contributed by atoms with Crippen LogP contribution in [0.5, 0.6) is 0 Å².